The molecule has 0 aliphatic carbocycles. The average molecular weight is 269 g/mol. The number of benzene rings is 1. The summed E-state index contributed by atoms with van der Waals surface area (Å²) < 4.78 is 0. The van der Waals surface area contributed by atoms with Gasteiger partial charge in [0.15, 0.2) is 0 Å². The fourth-order valence-corrected chi connectivity index (χ4v) is 1.98. The molecule has 0 saturated carbocycles. The molecule has 1 rings (SSSR count). The van der Waals surface area contributed by atoms with Crippen LogP contribution in [0.3, 0.4) is 0 Å². The molecule has 100 valence electrons. The van der Waals surface area contributed by atoms with Crippen molar-refractivity contribution in [3.05, 3.63) is 28.8 Å². The Hall–Kier alpha value is -1.22. The summed E-state index contributed by atoms with van der Waals surface area (Å²) in [5.41, 5.74) is 1.38. The molecule has 1 aromatic rings. The molecule has 0 aliphatic heterocycles. The highest BCUT2D eigenvalue weighted by Crippen LogP contribution is 2.20. The number of carbonyl (C=O) groups excluding carboxylic acids is 1. The summed E-state index contributed by atoms with van der Waals surface area (Å²) in [5.74, 6) is -0.0783. The number of amides is 1. The third-order valence-electron chi connectivity index (χ3n) is 2.86. The zero-order chi connectivity index (χ0) is 13.5. The summed E-state index contributed by atoms with van der Waals surface area (Å²) in [6.07, 6.45) is 3.26. The quantitative estimate of drug-likeness (QED) is 0.826. The maximum absolute atomic E-state index is 12.1. The van der Waals surface area contributed by atoms with Gasteiger partial charge in [0.25, 0.3) is 5.91 Å². The van der Waals surface area contributed by atoms with Crippen LogP contribution in [0.15, 0.2) is 18.2 Å². The van der Waals surface area contributed by atoms with Gasteiger partial charge in [-0.05, 0) is 31.5 Å². The van der Waals surface area contributed by atoms with Crippen LogP contribution in [0.1, 0.15) is 43.5 Å². The lowest BCUT2D eigenvalue weighted by molar-refractivity contribution is 0.0939. The summed E-state index contributed by atoms with van der Waals surface area (Å²) in [6, 6.07) is 5.45. The maximum atomic E-state index is 12.1. The molecule has 0 heterocycles. The van der Waals surface area contributed by atoms with Crippen molar-refractivity contribution in [1.82, 2.24) is 5.32 Å². The molecule has 4 heteroatoms. The first kappa shape index (κ1) is 14.8. The first-order valence-corrected chi connectivity index (χ1v) is 6.74. The maximum Gasteiger partial charge on any atom is 0.253 e. The molecule has 1 amide bonds. The lowest BCUT2D eigenvalue weighted by Crippen LogP contribution is -2.32. The molecule has 1 atom stereocenters. The van der Waals surface area contributed by atoms with Gasteiger partial charge in [-0.1, -0.05) is 31.4 Å². The van der Waals surface area contributed by atoms with Crippen LogP contribution < -0.4 is 10.6 Å². The second-order valence-electron chi connectivity index (χ2n) is 4.46. The van der Waals surface area contributed by atoms with Crippen molar-refractivity contribution >= 4 is 23.2 Å². The molecule has 0 radical (unpaired) electrons. The van der Waals surface area contributed by atoms with Crippen LogP contribution in [-0.4, -0.2) is 19.0 Å². The van der Waals surface area contributed by atoms with E-state index in [2.05, 4.69) is 17.6 Å². The monoisotopic (exact) mass is 268 g/mol. The lowest BCUT2D eigenvalue weighted by atomic mass is 10.1. The minimum absolute atomic E-state index is 0.0783. The molecule has 1 aromatic carbocycles. The second kappa shape index (κ2) is 7.27. The van der Waals surface area contributed by atoms with Gasteiger partial charge in [0.1, 0.15) is 0 Å². The number of anilines is 1. The van der Waals surface area contributed by atoms with Crippen LogP contribution >= 0.6 is 11.6 Å². The first-order valence-electron chi connectivity index (χ1n) is 6.36. The van der Waals surface area contributed by atoms with E-state index < -0.39 is 0 Å². The zero-order valence-electron chi connectivity index (χ0n) is 11.2. The Bertz CT molecular complexity index is 407. The number of hydrogen-bond acceptors (Lipinski definition) is 2. The van der Waals surface area contributed by atoms with E-state index in [9.17, 15) is 4.79 Å². The van der Waals surface area contributed by atoms with Gasteiger partial charge in [0, 0.05) is 23.8 Å². The Balaban J connectivity index is 2.74. The average Bonchev–Trinajstić information content (AvgIpc) is 2.36. The van der Waals surface area contributed by atoms with E-state index >= 15 is 0 Å². The molecular weight excluding hydrogens is 248 g/mol. The molecule has 0 saturated heterocycles. The van der Waals surface area contributed by atoms with Gasteiger partial charge >= 0.3 is 0 Å². The predicted molar refractivity (Wildman–Crippen MR) is 77.5 cm³/mol. The minimum atomic E-state index is -0.0783. The molecule has 1 unspecified atom stereocenters. The van der Waals surface area contributed by atoms with Gasteiger partial charge in [-0.25, -0.2) is 0 Å². The van der Waals surface area contributed by atoms with Gasteiger partial charge in [0.2, 0.25) is 0 Å². The van der Waals surface area contributed by atoms with E-state index in [-0.39, 0.29) is 11.9 Å². The fourth-order valence-electron chi connectivity index (χ4n) is 1.81. The molecule has 0 fully saturated rings. The van der Waals surface area contributed by atoms with Crippen molar-refractivity contribution in [2.75, 3.05) is 12.4 Å². The molecule has 2 N–H and O–H groups in total. The minimum Gasteiger partial charge on any atom is -0.387 e. The predicted octanol–water partition coefficient (Wildman–Crippen LogP) is 3.69. The van der Waals surface area contributed by atoms with Crippen LogP contribution in [0.25, 0.3) is 0 Å². The van der Waals surface area contributed by atoms with Crippen LogP contribution in [0.4, 0.5) is 5.69 Å². The SMILES string of the molecule is CCCCC(C)NC(=O)c1cc(Cl)ccc1NC. The Kier molecular flexibility index (Phi) is 5.99. The highest BCUT2D eigenvalue weighted by Gasteiger charge is 2.13. The van der Waals surface area contributed by atoms with E-state index in [1.807, 2.05) is 13.0 Å². The van der Waals surface area contributed by atoms with E-state index in [0.29, 0.717) is 10.6 Å². The Morgan fingerprint density at radius 3 is 2.78 bits per heavy atom. The van der Waals surface area contributed by atoms with Crippen LogP contribution in [0.5, 0.6) is 0 Å². The number of hydrogen-bond donors (Lipinski definition) is 2. The molecule has 0 aromatic heterocycles. The van der Waals surface area contributed by atoms with Gasteiger partial charge in [-0.15, -0.1) is 0 Å². The molecule has 18 heavy (non-hydrogen) atoms. The number of nitrogens with one attached hydrogen (secondary N) is 2. The molecular formula is C14H21ClN2O. The second-order valence-corrected chi connectivity index (χ2v) is 4.89. The highest BCUT2D eigenvalue weighted by atomic mass is 35.5. The van der Waals surface area contributed by atoms with Crippen molar-refractivity contribution in [2.24, 2.45) is 0 Å². The molecule has 0 bridgehead atoms. The third kappa shape index (κ3) is 4.22. The fraction of sp³-hybridized carbons (Fsp3) is 0.500. The van der Waals surface area contributed by atoms with E-state index in [1.54, 1.807) is 19.2 Å². The van der Waals surface area contributed by atoms with Crippen LogP contribution in [-0.2, 0) is 0 Å². The van der Waals surface area contributed by atoms with Crippen molar-refractivity contribution in [1.29, 1.82) is 0 Å². The Labute approximate surface area is 114 Å². The molecule has 3 nitrogen and oxygen atoms in total. The van der Waals surface area contributed by atoms with Crippen molar-refractivity contribution in [2.45, 2.75) is 39.2 Å². The van der Waals surface area contributed by atoms with Crippen molar-refractivity contribution in [3.63, 3.8) is 0 Å². The summed E-state index contributed by atoms with van der Waals surface area (Å²) >= 11 is 5.93. The number of unbranched alkanes of at least 4 members (excludes halogenated alkanes) is 1. The first-order chi connectivity index (χ1) is 8.58. The number of carbonyl (C=O) groups is 1. The van der Waals surface area contributed by atoms with Crippen LogP contribution in [0.2, 0.25) is 5.02 Å². The molecule has 0 spiro atoms. The summed E-state index contributed by atoms with van der Waals surface area (Å²) in [7, 11) is 1.79. The molecule has 0 aliphatic rings. The third-order valence-corrected chi connectivity index (χ3v) is 3.10. The summed E-state index contributed by atoms with van der Waals surface area (Å²) in [6.45, 7) is 4.17. The number of halogens is 1. The van der Waals surface area contributed by atoms with E-state index in [1.165, 1.54) is 0 Å². The largest absolute Gasteiger partial charge is 0.387 e. The smallest absolute Gasteiger partial charge is 0.253 e. The standard InChI is InChI=1S/C14H21ClN2O/c1-4-5-6-10(2)17-14(18)12-9-11(15)7-8-13(12)16-3/h7-10,16H,4-6H2,1-3H3,(H,17,18). The van der Waals surface area contributed by atoms with Gasteiger partial charge < -0.3 is 10.6 Å². The highest BCUT2D eigenvalue weighted by molar-refractivity contribution is 6.31. The topological polar surface area (TPSA) is 41.1 Å². The Morgan fingerprint density at radius 1 is 1.44 bits per heavy atom. The van der Waals surface area contributed by atoms with Gasteiger partial charge in [-0.2, -0.15) is 0 Å². The van der Waals surface area contributed by atoms with E-state index in [0.717, 1.165) is 24.9 Å². The number of rotatable bonds is 6. The summed E-state index contributed by atoms with van der Waals surface area (Å²) in [5, 5.41) is 6.57. The van der Waals surface area contributed by atoms with Gasteiger partial charge in [0.05, 0.1) is 5.56 Å². The van der Waals surface area contributed by atoms with Crippen molar-refractivity contribution < 1.29 is 4.79 Å². The van der Waals surface area contributed by atoms with Crippen molar-refractivity contribution in [3.8, 4) is 0 Å². The van der Waals surface area contributed by atoms with Crippen LogP contribution in [0, 0.1) is 0 Å². The summed E-state index contributed by atoms with van der Waals surface area (Å²) in [4.78, 5) is 12.1. The van der Waals surface area contributed by atoms with Gasteiger partial charge in [-0.3, -0.25) is 4.79 Å². The normalized spacial score (nSPS) is 12.0. The lowest BCUT2D eigenvalue weighted by Gasteiger charge is -2.15. The van der Waals surface area contributed by atoms with E-state index in [4.69, 9.17) is 11.6 Å². The Morgan fingerprint density at radius 2 is 2.17 bits per heavy atom. The zero-order valence-corrected chi connectivity index (χ0v) is 12.0.